The zero-order chi connectivity index (χ0) is 12.1. The number of carboxylic acid groups (broad SMARTS) is 1. The van der Waals surface area contributed by atoms with Crippen LogP contribution in [0.15, 0.2) is 18.2 Å². The number of nitrogens with one attached hydrogen (secondary N) is 1. The number of hydrogen-bond acceptors (Lipinski definition) is 2. The molecule has 88 valence electrons. The first-order valence-electron chi connectivity index (χ1n) is 4.89. The summed E-state index contributed by atoms with van der Waals surface area (Å²) < 4.78 is 0. The molecule has 1 aromatic rings. The van der Waals surface area contributed by atoms with E-state index in [0.29, 0.717) is 16.6 Å². The van der Waals surface area contributed by atoms with Gasteiger partial charge in [0.25, 0.3) is 0 Å². The van der Waals surface area contributed by atoms with Crippen LogP contribution in [0.4, 0.5) is 5.69 Å². The molecule has 1 unspecified atom stereocenters. The Labute approximate surface area is 104 Å². The molecule has 0 aliphatic carbocycles. The molecule has 0 aliphatic rings. The minimum absolute atomic E-state index is 0.0512. The highest BCUT2D eigenvalue weighted by molar-refractivity contribution is 6.35. The minimum atomic E-state index is -0.793. The van der Waals surface area contributed by atoms with Crippen LogP contribution in [0.5, 0.6) is 0 Å². The van der Waals surface area contributed by atoms with Crippen LogP contribution in [0.1, 0.15) is 13.3 Å². The van der Waals surface area contributed by atoms with Crippen LogP contribution in [0.2, 0.25) is 10.0 Å². The van der Waals surface area contributed by atoms with Crippen LogP contribution in [-0.2, 0) is 4.79 Å². The van der Waals surface area contributed by atoms with Crippen LogP contribution >= 0.6 is 23.2 Å². The quantitative estimate of drug-likeness (QED) is 0.853. The monoisotopic (exact) mass is 261 g/mol. The van der Waals surface area contributed by atoms with E-state index in [9.17, 15) is 4.79 Å². The Balaban J connectivity index is 2.51. The molecule has 0 bridgehead atoms. The van der Waals surface area contributed by atoms with Crippen molar-refractivity contribution in [2.45, 2.75) is 13.3 Å². The maximum atomic E-state index is 10.5. The van der Waals surface area contributed by atoms with Crippen molar-refractivity contribution in [2.24, 2.45) is 5.92 Å². The number of aliphatic carboxylic acids is 1. The molecule has 1 rings (SSSR count). The van der Waals surface area contributed by atoms with E-state index in [-0.39, 0.29) is 12.3 Å². The van der Waals surface area contributed by atoms with Gasteiger partial charge in [0, 0.05) is 28.7 Å². The van der Waals surface area contributed by atoms with Crippen LogP contribution in [0.3, 0.4) is 0 Å². The molecule has 0 heterocycles. The third-order valence-electron chi connectivity index (χ3n) is 2.04. The lowest BCUT2D eigenvalue weighted by atomic mass is 10.1. The lowest BCUT2D eigenvalue weighted by Crippen LogP contribution is -2.14. The Morgan fingerprint density at radius 2 is 1.94 bits per heavy atom. The molecule has 1 aromatic carbocycles. The smallest absolute Gasteiger partial charge is 0.303 e. The number of benzene rings is 1. The van der Waals surface area contributed by atoms with Gasteiger partial charge in [-0.05, 0) is 24.1 Å². The summed E-state index contributed by atoms with van der Waals surface area (Å²) in [5, 5.41) is 12.8. The van der Waals surface area contributed by atoms with Gasteiger partial charge in [-0.2, -0.15) is 0 Å². The Hall–Kier alpha value is -0.930. The summed E-state index contributed by atoms with van der Waals surface area (Å²) >= 11 is 11.7. The summed E-state index contributed by atoms with van der Waals surface area (Å²) in [6.45, 7) is 2.44. The Morgan fingerprint density at radius 1 is 1.38 bits per heavy atom. The van der Waals surface area contributed by atoms with Gasteiger partial charge in [0.1, 0.15) is 0 Å². The van der Waals surface area contributed by atoms with Crippen molar-refractivity contribution in [1.29, 1.82) is 0 Å². The molecule has 1 atom stereocenters. The number of anilines is 1. The van der Waals surface area contributed by atoms with E-state index in [0.717, 1.165) is 5.69 Å². The third kappa shape index (κ3) is 4.73. The lowest BCUT2D eigenvalue weighted by molar-refractivity contribution is -0.137. The van der Waals surface area contributed by atoms with Crippen LogP contribution in [0.25, 0.3) is 0 Å². The highest BCUT2D eigenvalue weighted by Crippen LogP contribution is 2.22. The molecule has 0 aromatic heterocycles. The van der Waals surface area contributed by atoms with E-state index < -0.39 is 5.97 Å². The van der Waals surface area contributed by atoms with Crippen molar-refractivity contribution >= 4 is 34.9 Å². The molecule has 3 nitrogen and oxygen atoms in total. The maximum absolute atomic E-state index is 10.5. The number of carbonyl (C=O) groups is 1. The number of rotatable bonds is 5. The highest BCUT2D eigenvalue weighted by atomic mass is 35.5. The van der Waals surface area contributed by atoms with Gasteiger partial charge in [0.05, 0.1) is 0 Å². The predicted octanol–water partition coefficient (Wildman–Crippen LogP) is 3.52. The predicted molar refractivity (Wildman–Crippen MR) is 66.4 cm³/mol. The molecule has 5 heteroatoms. The standard InChI is InChI=1S/C11H13Cl2NO2/c1-7(2-11(15)16)6-14-10-4-8(12)3-9(13)5-10/h3-5,7,14H,2,6H2,1H3,(H,15,16). The number of carboxylic acids is 1. The Kier molecular flexibility index (Phi) is 4.90. The van der Waals surface area contributed by atoms with Gasteiger partial charge in [0.15, 0.2) is 0 Å². The summed E-state index contributed by atoms with van der Waals surface area (Å²) in [4.78, 5) is 10.5. The second-order valence-electron chi connectivity index (χ2n) is 3.74. The molecule has 0 saturated carbocycles. The van der Waals surface area contributed by atoms with Gasteiger partial charge in [0.2, 0.25) is 0 Å². The van der Waals surface area contributed by atoms with Crippen LogP contribution in [0, 0.1) is 5.92 Å². The van der Waals surface area contributed by atoms with Gasteiger partial charge in [-0.1, -0.05) is 30.1 Å². The first-order valence-corrected chi connectivity index (χ1v) is 5.64. The van der Waals surface area contributed by atoms with Gasteiger partial charge >= 0.3 is 5.97 Å². The molecule has 0 saturated heterocycles. The summed E-state index contributed by atoms with van der Waals surface area (Å²) in [6, 6.07) is 5.15. The Bertz CT molecular complexity index is 362. The normalized spacial score (nSPS) is 12.2. The van der Waals surface area contributed by atoms with Gasteiger partial charge in [-0.25, -0.2) is 0 Å². The maximum Gasteiger partial charge on any atom is 0.303 e. The minimum Gasteiger partial charge on any atom is -0.481 e. The van der Waals surface area contributed by atoms with Crippen molar-refractivity contribution < 1.29 is 9.90 Å². The molecular weight excluding hydrogens is 249 g/mol. The third-order valence-corrected chi connectivity index (χ3v) is 2.48. The highest BCUT2D eigenvalue weighted by Gasteiger charge is 2.07. The van der Waals surface area contributed by atoms with E-state index in [4.69, 9.17) is 28.3 Å². The second kappa shape index (κ2) is 5.97. The molecule has 16 heavy (non-hydrogen) atoms. The fourth-order valence-electron chi connectivity index (χ4n) is 1.32. The summed E-state index contributed by atoms with van der Waals surface area (Å²) in [5.41, 5.74) is 0.801. The molecule has 0 aliphatic heterocycles. The van der Waals surface area contributed by atoms with E-state index >= 15 is 0 Å². The van der Waals surface area contributed by atoms with Gasteiger partial charge in [-0.3, -0.25) is 4.79 Å². The topological polar surface area (TPSA) is 49.3 Å². The molecule has 0 amide bonds. The van der Waals surface area contributed by atoms with Crippen LogP contribution in [-0.4, -0.2) is 17.6 Å². The average Bonchev–Trinajstić information content (AvgIpc) is 2.12. The van der Waals surface area contributed by atoms with Crippen molar-refractivity contribution in [3.8, 4) is 0 Å². The fourth-order valence-corrected chi connectivity index (χ4v) is 1.84. The van der Waals surface area contributed by atoms with E-state index in [1.807, 2.05) is 6.92 Å². The van der Waals surface area contributed by atoms with Gasteiger partial charge < -0.3 is 10.4 Å². The van der Waals surface area contributed by atoms with Crippen molar-refractivity contribution in [3.05, 3.63) is 28.2 Å². The Morgan fingerprint density at radius 3 is 2.44 bits per heavy atom. The first kappa shape index (κ1) is 13.1. The molecular formula is C11H13Cl2NO2. The zero-order valence-corrected chi connectivity index (χ0v) is 10.3. The largest absolute Gasteiger partial charge is 0.481 e. The fraction of sp³-hybridized carbons (Fsp3) is 0.364. The SMILES string of the molecule is CC(CNc1cc(Cl)cc(Cl)c1)CC(=O)O. The molecule has 0 radical (unpaired) electrons. The summed E-state index contributed by atoms with van der Waals surface area (Å²) in [5.74, 6) is -0.742. The summed E-state index contributed by atoms with van der Waals surface area (Å²) in [7, 11) is 0. The lowest BCUT2D eigenvalue weighted by Gasteiger charge is -2.12. The average molecular weight is 262 g/mol. The van der Waals surface area contributed by atoms with E-state index in [1.54, 1.807) is 18.2 Å². The summed E-state index contributed by atoms with van der Waals surface area (Å²) in [6.07, 6.45) is 0.140. The van der Waals surface area contributed by atoms with E-state index in [1.165, 1.54) is 0 Å². The van der Waals surface area contributed by atoms with Crippen molar-refractivity contribution in [2.75, 3.05) is 11.9 Å². The van der Waals surface area contributed by atoms with Crippen molar-refractivity contribution in [3.63, 3.8) is 0 Å². The molecule has 0 spiro atoms. The molecule has 2 N–H and O–H groups in total. The van der Waals surface area contributed by atoms with Crippen molar-refractivity contribution in [1.82, 2.24) is 0 Å². The molecule has 0 fully saturated rings. The van der Waals surface area contributed by atoms with E-state index in [2.05, 4.69) is 5.32 Å². The zero-order valence-electron chi connectivity index (χ0n) is 8.84. The van der Waals surface area contributed by atoms with Crippen LogP contribution < -0.4 is 5.32 Å². The van der Waals surface area contributed by atoms with Gasteiger partial charge in [-0.15, -0.1) is 0 Å². The second-order valence-corrected chi connectivity index (χ2v) is 4.61. The first-order chi connectivity index (χ1) is 7.47. The number of hydrogen-bond donors (Lipinski definition) is 2. The number of halogens is 2.